The van der Waals surface area contributed by atoms with Crippen LogP contribution in [0.5, 0.6) is 0 Å². The number of piperidine rings is 1. The Morgan fingerprint density at radius 2 is 1.91 bits per heavy atom. The molecule has 2 fully saturated rings. The van der Waals surface area contributed by atoms with Crippen LogP contribution in [-0.4, -0.2) is 29.1 Å². The van der Waals surface area contributed by atoms with Gasteiger partial charge in [-0.05, 0) is 44.2 Å². The molecule has 1 aliphatic heterocycles. The maximum Gasteiger partial charge on any atom is 0.391 e. The van der Waals surface area contributed by atoms with E-state index in [2.05, 4.69) is 61.7 Å². The van der Waals surface area contributed by atoms with Crippen LogP contribution in [0.15, 0.2) is 54.7 Å². The molecule has 2 aliphatic rings. The van der Waals surface area contributed by atoms with E-state index in [1.165, 1.54) is 17.5 Å². The van der Waals surface area contributed by atoms with Gasteiger partial charge in [0.15, 0.2) is 0 Å². The van der Waals surface area contributed by atoms with Crippen molar-refractivity contribution in [2.24, 2.45) is 11.8 Å². The molecule has 0 amide bonds. The highest BCUT2D eigenvalue weighted by Crippen LogP contribution is 2.59. The van der Waals surface area contributed by atoms with Crippen LogP contribution in [0.3, 0.4) is 0 Å². The first kappa shape index (κ1) is 27.5. The second-order valence-corrected chi connectivity index (χ2v) is 9.37. The fraction of sp³-hybridized carbons (Fsp3) is 0.464. The molecule has 0 radical (unpaired) electrons. The van der Waals surface area contributed by atoms with Crippen molar-refractivity contribution in [3.05, 3.63) is 78.6 Å². The summed E-state index contributed by atoms with van der Waals surface area (Å²) < 4.78 is 39.2. The summed E-state index contributed by atoms with van der Waals surface area (Å²) in [6.07, 6.45) is 3.80. The molecule has 2 heterocycles. The fourth-order valence-electron chi connectivity index (χ4n) is 3.87. The summed E-state index contributed by atoms with van der Waals surface area (Å²) in [6.45, 7) is 22.2. The van der Waals surface area contributed by atoms with Gasteiger partial charge in [0.05, 0.1) is 11.1 Å². The Bertz CT molecular complexity index is 1010. The van der Waals surface area contributed by atoms with E-state index in [-0.39, 0.29) is 5.41 Å². The molecule has 1 aliphatic carbocycles. The van der Waals surface area contributed by atoms with E-state index in [0.717, 1.165) is 56.2 Å². The van der Waals surface area contributed by atoms with Gasteiger partial charge in [-0.3, -0.25) is 0 Å². The number of rotatable bonds is 5. The zero-order valence-corrected chi connectivity index (χ0v) is 21.0. The van der Waals surface area contributed by atoms with Crippen molar-refractivity contribution >= 4 is 11.8 Å². The Labute approximate surface area is 202 Å². The molecule has 3 nitrogen and oxygen atoms in total. The Morgan fingerprint density at radius 1 is 1.29 bits per heavy atom. The molecule has 186 valence electrons. The van der Waals surface area contributed by atoms with Crippen molar-refractivity contribution < 1.29 is 17.6 Å². The number of benzene rings is 1. The molecule has 34 heavy (non-hydrogen) atoms. The second kappa shape index (κ2) is 11.1. The van der Waals surface area contributed by atoms with Gasteiger partial charge in [0, 0.05) is 30.3 Å². The monoisotopic (exact) mass is 474 g/mol. The average Bonchev–Trinajstić information content (AvgIpc) is 3.10. The Kier molecular flexibility index (Phi) is 8.98. The third-order valence-corrected chi connectivity index (χ3v) is 6.26. The van der Waals surface area contributed by atoms with Crippen LogP contribution in [0.1, 0.15) is 61.9 Å². The summed E-state index contributed by atoms with van der Waals surface area (Å²) in [4.78, 5) is 6.97. The van der Waals surface area contributed by atoms with E-state index in [0.29, 0.717) is 5.92 Å². The van der Waals surface area contributed by atoms with Crippen LogP contribution in [0.2, 0.25) is 0 Å². The van der Waals surface area contributed by atoms with E-state index in [9.17, 15) is 13.2 Å². The predicted molar refractivity (Wildman–Crippen MR) is 134 cm³/mol. The van der Waals surface area contributed by atoms with Gasteiger partial charge in [0.2, 0.25) is 5.89 Å². The van der Waals surface area contributed by atoms with Crippen LogP contribution in [-0.2, 0) is 5.41 Å². The average molecular weight is 475 g/mol. The van der Waals surface area contributed by atoms with Gasteiger partial charge in [0.1, 0.15) is 6.26 Å². The number of oxazole rings is 1. The standard InChI is InChI=1S/C20H22N2O.C4H7F3.C4H8/c1-5-16-7-6-13(2)8-18(16)15(4)22-10-17-9-20(17,12-22)19-21-14(3)11-23-19;1-3(2)4(5,6)7;1-3-4-2/h5-8,11,17H,1,4,9-10,12H2,2-3H3;3H,1-2H3;3H,1,4H2,2H3. The summed E-state index contributed by atoms with van der Waals surface area (Å²) >= 11 is 0. The van der Waals surface area contributed by atoms with Crippen LogP contribution >= 0.6 is 0 Å². The lowest BCUT2D eigenvalue weighted by Crippen LogP contribution is -2.25. The number of hydrogen-bond acceptors (Lipinski definition) is 3. The normalized spacial score (nSPS) is 20.5. The number of alkyl halides is 3. The molecule has 1 saturated heterocycles. The number of allylic oxidation sites excluding steroid dienone is 1. The van der Waals surface area contributed by atoms with Gasteiger partial charge < -0.3 is 9.32 Å². The Morgan fingerprint density at radius 3 is 2.38 bits per heavy atom. The van der Waals surface area contributed by atoms with Crippen molar-refractivity contribution in [3.63, 3.8) is 0 Å². The number of hydrogen-bond donors (Lipinski definition) is 0. The quantitative estimate of drug-likeness (QED) is 0.412. The van der Waals surface area contributed by atoms with E-state index in [1.807, 2.05) is 19.1 Å². The molecule has 1 aromatic carbocycles. The van der Waals surface area contributed by atoms with Gasteiger partial charge in [-0.15, -0.1) is 6.58 Å². The van der Waals surface area contributed by atoms with E-state index < -0.39 is 12.1 Å². The van der Waals surface area contributed by atoms with Crippen LogP contribution in [0.25, 0.3) is 11.8 Å². The van der Waals surface area contributed by atoms with E-state index >= 15 is 0 Å². The lowest BCUT2D eigenvalue weighted by molar-refractivity contribution is -0.164. The van der Waals surface area contributed by atoms with E-state index in [1.54, 1.807) is 6.26 Å². The molecular formula is C28H37F3N2O. The minimum Gasteiger partial charge on any atom is -0.448 e. The van der Waals surface area contributed by atoms with Crippen LogP contribution < -0.4 is 0 Å². The molecule has 1 saturated carbocycles. The van der Waals surface area contributed by atoms with Crippen molar-refractivity contribution in [2.75, 3.05) is 13.1 Å². The number of fused-ring (bicyclic) bond motifs is 1. The Balaban J connectivity index is 0.000000313. The highest BCUT2D eigenvalue weighted by molar-refractivity contribution is 5.72. The zero-order chi connectivity index (χ0) is 25.7. The third-order valence-electron chi connectivity index (χ3n) is 6.26. The fourth-order valence-corrected chi connectivity index (χ4v) is 3.87. The van der Waals surface area contributed by atoms with Gasteiger partial charge in [-0.25, -0.2) is 4.98 Å². The van der Waals surface area contributed by atoms with Crippen molar-refractivity contribution in [3.8, 4) is 0 Å². The maximum atomic E-state index is 11.2. The first-order valence-electron chi connectivity index (χ1n) is 11.7. The molecule has 0 spiro atoms. The highest BCUT2D eigenvalue weighted by atomic mass is 19.4. The summed E-state index contributed by atoms with van der Waals surface area (Å²) in [7, 11) is 0. The molecule has 6 heteroatoms. The molecule has 2 atom stereocenters. The van der Waals surface area contributed by atoms with Gasteiger partial charge in [-0.1, -0.05) is 63.8 Å². The first-order valence-corrected chi connectivity index (χ1v) is 11.7. The van der Waals surface area contributed by atoms with Crippen molar-refractivity contribution in [1.29, 1.82) is 0 Å². The predicted octanol–water partition coefficient (Wildman–Crippen LogP) is 7.97. The topological polar surface area (TPSA) is 29.3 Å². The number of nitrogens with zero attached hydrogens (tertiary/aromatic N) is 2. The number of aryl methyl sites for hydroxylation is 2. The smallest absolute Gasteiger partial charge is 0.391 e. The maximum absolute atomic E-state index is 11.2. The Hall–Kier alpha value is -2.76. The summed E-state index contributed by atoms with van der Waals surface area (Å²) in [5, 5.41) is 0. The minimum absolute atomic E-state index is 0.107. The van der Waals surface area contributed by atoms with Gasteiger partial charge in [-0.2, -0.15) is 13.2 Å². The van der Waals surface area contributed by atoms with Crippen LogP contribution in [0, 0.1) is 25.7 Å². The van der Waals surface area contributed by atoms with Gasteiger partial charge in [0.25, 0.3) is 0 Å². The molecule has 0 N–H and O–H groups in total. The first-order chi connectivity index (χ1) is 15.9. The van der Waals surface area contributed by atoms with Crippen LogP contribution in [0.4, 0.5) is 13.2 Å². The van der Waals surface area contributed by atoms with E-state index in [4.69, 9.17) is 4.42 Å². The summed E-state index contributed by atoms with van der Waals surface area (Å²) in [5.41, 5.74) is 5.72. The molecule has 2 aromatic rings. The molecule has 0 bridgehead atoms. The van der Waals surface area contributed by atoms with Crippen molar-refractivity contribution in [2.45, 2.75) is 59.1 Å². The minimum atomic E-state index is -4.00. The number of likely N-dealkylation sites (tertiary alicyclic amines) is 1. The SMILES string of the molecule is C=CCC.C=Cc1ccc(C)cc1C(=C)N1CC2CC2(c2nc(C)co2)C1.CC(C)C(F)(F)F. The highest BCUT2D eigenvalue weighted by Gasteiger charge is 2.64. The molecule has 4 rings (SSSR count). The molecule has 1 aromatic heterocycles. The largest absolute Gasteiger partial charge is 0.448 e. The molecular weight excluding hydrogens is 437 g/mol. The number of aromatic nitrogens is 1. The molecule has 2 unspecified atom stereocenters. The lowest BCUT2D eigenvalue weighted by atomic mass is 10.0. The summed E-state index contributed by atoms with van der Waals surface area (Å²) in [5.74, 6) is 0.338. The number of halogens is 3. The zero-order valence-electron chi connectivity index (χ0n) is 21.0. The lowest BCUT2D eigenvalue weighted by Gasteiger charge is -2.25. The summed E-state index contributed by atoms with van der Waals surface area (Å²) in [6, 6.07) is 6.43. The van der Waals surface area contributed by atoms with Crippen molar-refractivity contribution in [1.82, 2.24) is 9.88 Å². The third kappa shape index (κ3) is 6.43. The van der Waals surface area contributed by atoms with Gasteiger partial charge >= 0.3 is 6.18 Å². The second-order valence-electron chi connectivity index (χ2n) is 9.37.